The van der Waals surface area contributed by atoms with Gasteiger partial charge in [0.15, 0.2) is 5.69 Å². The molecule has 170 valence electrons. The highest BCUT2D eigenvalue weighted by atomic mass is 35.5. The van der Waals surface area contributed by atoms with Crippen LogP contribution in [0.4, 0.5) is 5.69 Å². The van der Waals surface area contributed by atoms with E-state index in [1.165, 1.54) is 6.33 Å². The van der Waals surface area contributed by atoms with E-state index in [2.05, 4.69) is 25.5 Å². The molecule has 1 amide bonds. The molecule has 0 spiro atoms. The highest BCUT2D eigenvalue weighted by Gasteiger charge is 2.28. The summed E-state index contributed by atoms with van der Waals surface area (Å²) in [7, 11) is 1.56. The van der Waals surface area contributed by atoms with Gasteiger partial charge < -0.3 is 15.2 Å². The van der Waals surface area contributed by atoms with Crippen molar-refractivity contribution in [3.05, 3.63) is 47.6 Å². The number of carbonyl (C=O) groups excluding carboxylic acids is 1. The molecule has 3 aromatic heterocycles. The quantitative estimate of drug-likeness (QED) is 0.408. The molecule has 1 aliphatic rings. The lowest BCUT2D eigenvalue weighted by molar-refractivity contribution is 0.0696. The Morgan fingerprint density at radius 1 is 1.33 bits per heavy atom. The summed E-state index contributed by atoms with van der Waals surface area (Å²) < 4.78 is 7.24. The summed E-state index contributed by atoms with van der Waals surface area (Å²) >= 11 is 6.26. The number of halogens is 1. The van der Waals surface area contributed by atoms with E-state index in [0.29, 0.717) is 45.2 Å². The molecule has 3 heterocycles. The fraction of sp³-hybridized carbons (Fsp3) is 0.318. The molecular formula is C22H22ClN7O3. The molecule has 1 aliphatic carbocycles. The van der Waals surface area contributed by atoms with Crippen molar-refractivity contribution >= 4 is 34.2 Å². The maximum absolute atomic E-state index is 13.1. The number of aliphatic hydroxyl groups excluding tert-OH is 1. The fourth-order valence-electron chi connectivity index (χ4n) is 4.23. The van der Waals surface area contributed by atoms with Gasteiger partial charge >= 0.3 is 0 Å². The molecule has 0 saturated heterocycles. The Morgan fingerprint density at radius 3 is 3.00 bits per heavy atom. The van der Waals surface area contributed by atoms with Gasteiger partial charge in [0.05, 0.1) is 31.1 Å². The van der Waals surface area contributed by atoms with Gasteiger partial charge in [-0.2, -0.15) is 10.2 Å². The van der Waals surface area contributed by atoms with Gasteiger partial charge in [-0.15, -0.1) is 0 Å². The number of amides is 1. The van der Waals surface area contributed by atoms with E-state index in [1.807, 2.05) is 0 Å². The summed E-state index contributed by atoms with van der Waals surface area (Å²) in [5.74, 6) is 0.105. The Hall–Kier alpha value is -3.50. The van der Waals surface area contributed by atoms with Gasteiger partial charge in [-0.25, -0.2) is 9.97 Å². The molecular weight excluding hydrogens is 446 g/mol. The molecule has 0 unspecified atom stereocenters. The topological polar surface area (TPSA) is 131 Å². The molecule has 0 bridgehead atoms. The van der Waals surface area contributed by atoms with Crippen molar-refractivity contribution in [3.8, 4) is 17.0 Å². The third-order valence-corrected chi connectivity index (χ3v) is 6.11. The van der Waals surface area contributed by atoms with Gasteiger partial charge in [0.1, 0.15) is 28.8 Å². The Kier molecular flexibility index (Phi) is 5.69. The third kappa shape index (κ3) is 4.03. The number of fused-ring (bicyclic) bond motifs is 1. The Balaban J connectivity index is 1.58. The van der Waals surface area contributed by atoms with Crippen LogP contribution < -0.4 is 10.1 Å². The second-order valence-electron chi connectivity index (χ2n) is 7.95. The zero-order chi connectivity index (χ0) is 22.9. The van der Waals surface area contributed by atoms with Crippen LogP contribution in [0.15, 0.2) is 36.9 Å². The number of ether oxygens (including phenoxy) is 1. The van der Waals surface area contributed by atoms with Gasteiger partial charge in [0.25, 0.3) is 5.91 Å². The van der Waals surface area contributed by atoms with Crippen molar-refractivity contribution in [3.63, 3.8) is 0 Å². The number of carbonyl (C=O) groups is 1. The number of nitrogens with zero attached hydrogens (tertiary/aromatic N) is 5. The first kappa shape index (κ1) is 21.4. The van der Waals surface area contributed by atoms with Crippen LogP contribution in [0.2, 0.25) is 5.02 Å². The summed E-state index contributed by atoms with van der Waals surface area (Å²) in [5, 5.41) is 25.6. The zero-order valence-electron chi connectivity index (χ0n) is 17.8. The van der Waals surface area contributed by atoms with E-state index in [9.17, 15) is 9.90 Å². The maximum Gasteiger partial charge on any atom is 0.278 e. The van der Waals surface area contributed by atoms with Crippen LogP contribution >= 0.6 is 11.6 Å². The number of H-pyrrole nitrogens is 1. The van der Waals surface area contributed by atoms with Gasteiger partial charge in [-0.3, -0.25) is 14.6 Å². The maximum atomic E-state index is 13.1. The SMILES string of the molecule is COc1ccc(Cl)cc1-c1nn([C@H]2CCCC[C@H]2O)cc1NC(=O)c1n[nH]c2cncnc12. The summed E-state index contributed by atoms with van der Waals surface area (Å²) in [6.45, 7) is 0. The third-order valence-electron chi connectivity index (χ3n) is 5.87. The molecule has 1 saturated carbocycles. The Bertz CT molecular complexity index is 1320. The molecule has 3 N–H and O–H groups in total. The van der Waals surface area contributed by atoms with Crippen LogP contribution in [0.5, 0.6) is 5.75 Å². The van der Waals surface area contributed by atoms with E-state index in [-0.39, 0.29) is 11.7 Å². The van der Waals surface area contributed by atoms with Crippen molar-refractivity contribution in [2.75, 3.05) is 12.4 Å². The van der Waals surface area contributed by atoms with Crippen molar-refractivity contribution < 1.29 is 14.6 Å². The highest BCUT2D eigenvalue weighted by molar-refractivity contribution is 6.31. The second-order valence-corrected chi connectivity index (χ2v) is 8.38. The van der Waals surface area contributed by atoms with Gasteiger partial charge in [-0.05, 0) is 31.0 Å². The molecule has 4 aromatic rings. The van der Waals surface area contributed by atoms with E-state index in [4.69, 9.17) is 21.4 Å². The average molecular weight is 468 g/mol. The van der Waals surface area contributed by atoms with Crippen molar-refractivity contribution in [1.82, 2.24) is 29.9 Å². The van der Waals surface area contributed by atoms with Crippen molar-refractivity contribution in [2.24, 2.45) is 0 Å². The molecule has 10 nitrogen and oxygen atoms in total. The number of aromatic nitrogens is 6. The monoisotopic (exact) mass is 467 g/mol. The lowest BCUT2D eigenvalue weighted by atomic mass is 9.93. The normalized spacial score (nSPS) is 18.4. The Labute approximate surface area is 194 Å². The summed E-state index contributed by atoms with van der Waals surface area (Å²) in [6, 6.07) is 5.01. The molecule has 1 aromatic carbocycles. The molecule has 11 heteroatoms. The van der Waals surface area contributed by atoms with Crippen LogP contribution in [-0.2, 0) is 0 Å². The number of nitrogens with one attached hydrogen (secondary N) is 2. The van der Waals surface area contributed by atoms with Crippen molar-refractivity contribution in [1.29, 1.82) is 0 Å². The van der Waals surface area contributed by atoms with E-state index >= 15 is 0 Å². The largest absolute Gasteiger partial charge is 0.496 e. The minimum atomic E-state index is -0.511. The Morgan fingerprint density at radius 2 is 2.18 bits per heavy atom. The van der Waals surface area contributed by atoms with E-state index in [0.717, 1.165) is 19.3 Å². The number of aromatic amines is 1. The first-order valence-corrected chi connectivity index (χ1v) is 11.0. The first-order valence-electron chi connectivity index (χ1n) is 10.6. The second kappa shape index (κ2) is 8.80. The van der Waals surface area contributed by atoms with E-state index in [1.54, 1.807) is 42.4 Å². The number of benzene rings is 1. The van der Waals surface area contributed by atoms with Crippen LogP contribution in [-0.4, -0.2) is 54.2 Å². The molecule has 1 fully saturated rings. The number of methoxy groups -OCH3 is 1. The first-order chi connectivity index (χ1) is 16.0. The zero-order valence-corrected chi connectivity index (χ0v) is 18.6. The van der Waals surface area contributed by atoms with Gasteiger partial charge in [0.2, 0.25) is 0 Å². The lowest BCUT2D eigenvalue weighted by Gasteiger charge is -2.27. The summed E-state index contributed by atoms with van der Waals surface area (Å²) in [5.41, 5.74) is 2.67. The minimum Gasteiger partial charge on any atom is -0.496 e. The lowest BCUT2D eigenvalue weighted by Crippen LogP contribution is -2.27. The average Bonchev–Trinajstić information content (AvgIpc) is 3.44. The highest BCUT2D eigenvalue weighted by Crippen LogP contribution is 2.38. The standard InChI is InChI=1S/C22H22ClN7O3/c1-33-18-7-6-12(23)8-13(18)19-15(10-30(29-19)16-4-2-3-5-17(16)31)26-22(32)21-20-14(27-28-21)9-24-11-25-20/h6-11,16-17,31H,2-5H2,1H3,(H,26,32)(H,27,28)/t16-,17+/m0/s1. The number of aliphatic hydroxyl groups is 1. The van der Waals surface area contributed by atoms with Gasteiger partial charge in [0, 0.05) is 16.8 Å². The van der Waals surface area contributed by atoms with Crippen LogP contribution in [0, 0.1) is 0 Å². The van der Waals surface area contributed by atoms with Gasteiger partial charge in [-0.1, -0.05) is 24.4 Å². The van der Waals surface area contributed by atoms with Crippen LogP contribution in [0.25, 0.3) is 22.3 Å². The minimum absolute atomic E-state index is 0.141. The predicted octanol–water partition coefficient (Wildman–Crippen LogP) is 3.61. The molecule has 5 rings (SSSR count). The summed E-state index contributed by atoms with van der Waals surface area (Å²) in [4.78, 5) is 21.2. The van der Waals surface area contributed by atoms with Crippen LogP contribution in [0.3, 0.4) is 0 Å². The summed E-state index contributed by atoms with van der Waals surface area (Å²) in [6.07, 6.45) is 7.61. The number of anilines is 1. The van der Waals surface area contributed by atoms with Crippen molar-refractivity contribution in [2.45, 2.75) is 37.8 Å². The predicted molar refractivity (Wildman–Crippen MR) is 122 cm³/mol. The molecule has 2 atom stereocenters. The fourth-order valence-corrected chi connectivity index (χ4v) is 4.40. The van der Waals surface area contributed by atoms with E-state index < -0.39 is 12.0 Å². The number of hydrogen-bond donors (Lipinski definition) is 3. The smallest absolute Gasteiger partial charge is 0.278 e. The molecule has 0 radical (unpaired) electrons. The number of rotatable bonds is 5. The molecule has 33 heavy (non-hydrogen) atoms. The number of hydrogen-bond acceptors (Lipinski definition) is 7. The van der Waals surface area contributed by atoms with Crippen LogP contribution in [0.1, 0.15) is 42.2 Å². The molecule has 0 aliphatic heterocycles.